The Balaban J connectivity index is 0.000000104. The van der Waals surface area contributed by atoms with Gasteiger partial charge in [0.15, 0.2) is 68.6 Å². The number of nitrogens with zero attached hydrogens (tertiary/aromatic N) is 22. The maximum absolute atomic E-state index is 8.67. The Morgan fingerprint density at radius 2 is 0.602 bits per heavy atom. The monoisotopic (exact) mass is 1710 g/mol. The minimum atomic E-state index is -2.35. The molecule has 5 aliphatic rings. The SMILES string of the molecule is Cc1ccc2c(n1)oc1c(N3C=CN(C)C3C)c(C)ccc12.[2H]C(C)(C)N1c2ncccc2N(c2c(C)ccc3c2oc2ncccc23)C1C.[2H]C(C)(C)N1c2nccnc2N(c2c(C)ccc3c2oc2ncccc23)C1C.[2H]C(C)(C)N1c2nccnc2N(c2c(C)ccc3c2oc2ncccc23)C1C.[2H]C([2H])([2H])N1c2nccnc2N(c2c(C)ccc3c2oc2ncccc23)C1C. The number of anilines is 13. The lowest BCUT2D eigenvalue weighted by Gasteiger charge is -2.33. The van der Waals surface area contributed by atoms with Crippen LogP contribution in [-0.2, 0) is 0 Å². The van der Waals surface area contributed by atoms with Crippen LogP contribution in [0, 0.1) is 41.5 Å². The van der Waals surface area contributed by atoms with E-state index in [0.29, 0.717) is 57.4 Å². The van der Waals surface area contributed by atoms with Crippen LogP contribution in [0.3, 0.4) is 0 Å². The number of fused-ring (bicyclic) bond motifs is 19. The lowest BCUT2D eigenvalue weighted by atomic mass is 10.1. The summed E-state index contributed by atoms with van der Waals surface area (Å²) in [6, 6.07) is 42.1. The number of aryl methyl sites for hydroxylation is 6. The molecule has 0 saturated carbocycles. The van der Waals surface area contributed by atoms with Gasteiger partial charge in [0.1, 0.15) is 30.8 Å². The van der Waals surface area contributed by atoms with Crippen LogP contribution in [0.15, 0.2) is 236 Å². The highest BCUT2D eigenvalue weighted by molar-refractivity contribution is 6.14. The third-order valence-electron chi connectivity index (χ3n) is 24.9. The van der Waals surface area contributed by atoms with Crippen molar-refractivity contribution >= 4 is 185 Å². The van der Waals surface area contributed by atoms with Crippen LogP contribution in [0.25, 0.3) is 110 Å². The molecule has 0 bridgehead atoms. The van der Waals surface area contributed by atoms with Gasteiger partial charge in [-0.25, -0.2) is 59.8 Å². The molecule has 644 valence electrons. The molecule has 128 heavy (non-hydrogen) atoms. The van der Waals surface area contributed by atoms with Gasteiger partial charge in [-0.1, -0.05) is 60.7 Å². The minimum Gasteiger partial charge on any atom is -0.435 e. The Kier molecular flexibility index (Phi) is 18.5. The van der Waals surface area contributed by atoms with Gasteiger partial charge in [0.25, 0.3) is 0 Å². The Morgan fingerprint density at radius 3 is 0.992 bits per heavy atom. The molecule has 0 amide bonds. The zero-order chi connectivity index (χ0) is 93.9. The van der Waals surface area contributed by atoms with E-state index in [1.807, 2.05) is 155 Å². The molecule has 24 rings (SSSR count). The number of hydrogen-bond acceptors (Lipinski definition) is 27. The quantitative estimate of drug-likeness (QED) is 0.137. The first kappa shape index (κ1) is 74.4. The Bertz CT molecular complexity index is 7130. The predicted octanol–water partition coefficient (Wildman–Crippen LogP) is 23.2. The number of rotatable bonds is 8. The van der Waals surface area contributed by atoms with E-state index < -0.39 is 31.2 Å². The molecular formula is C101H100N22O5. The molecule has 5 unspecified atom stereocenters. The summed E-state index contributed by atoms with van der Waals surface area (Å²) in [5, 5.41) is 10.1. The summed E-state index contributed by atoms with van der Waals surface area (Å²) in [5.41, 5.74) is 19.2. The van der Waals surface area contributed by atoms with E-state index in [-0.39, 0.29) is 24.7 Å². The molecule has 0 fully saturated rings. The number of hydrogen-bond donors (Lipinski definition) is 0. The first-order valence-electron chi connectivity index (χ1n) is 45.8. The highest BCUT2D eigenvalue weighted by atomic mass is 16.4. The van der Waals surface area contributed by atoms with Gasteiger partial charge in [0.2, 0.25) is 28.6 Å². The van der Waals surface area contributed by atoms with Crippen molar-refractivity contribution in [1.82, 2.24) is 64.7 Å². The van der Waals surface area contributed by atoms with E-state index in [1.54, 1.807) is 62.0 Å². The van der Waals surface area contributed by atoms with Crippen LogP contribution >= 0.6 is 0 Å². The number of furan rings is 5. The molecule has 0 spiro atoms. The van der Waals surface area contributed by atoms with Gasteiger partial charge in [-0.3, -0.25) is 14.7 Å². The third kappa shape index (κ3) is 13.1. The first-order chi connectivity index (χ1) is 64.1. The standard InChI is InChI=1S/C22H22N4O.2C21H21N5O.C19H17N5O.C18H19N3O/c1-13(2)25-15(4)26(18-8-6-11-23-21(18)25)19-14(3)9-10-16-17-7-5-12-24-22(17)27-20(16)19;2*1-12(2)25-14(4)26(20-19(25)22-10-11-23-20)17-13(3)7-8-15-16-6-5-9-24-21(16)27-18(15)17;1-11-6-7-13-14-5-4-8-22-19(14)25-16(13)15(11)24-12(2)23(3)17-18(24)21-10-9-20-17;1-11-5-7-14-15-8-6-12(2)19-18(15)22-17(14)16(11)21-10-9-20(4)13(21)3/h5-13,15H,1-4H3;2*5-12,14H,1-4H3;4-10,12H,1-3H3;5-10,13H,1-4H3/i13D;2*12D;3D3;. The summed E-state index contributed by atoms with van der Waals surface area (Å²) < 4.78 is 80.7. The smallest absolute Gasteiger partial charge is 0.227 e. The third-order valence-corrected chi connectivity index (χ3v) is 24.9. The van der Waals surface area contributed by atoms with Gasteiger partial charge in [-0.05, 0) is 218 Å². The topological polar surface area (TPSA) is 253 Å². The fourth-order valence-electron chi connectivity index (χ4n) is 18.9. The van der Waals surface area contributed by atoms with Crippen LogP contribution < -0.4 is 44.1 Å². The van der Waals surface area contributed by atoms with Crippen LogP contribution in [0.4, 0.5) is 74.8 Å². The molecular weight excluding hydrogens is 1600 g/mol. The lowest BCUT2D eigenvalue weighted by molar-refractivity contribution is 0.383. The second-order valence-corrected chi connectivity index (χ2v) is 33.6. The number of benzene rings is 5. The maximum atomic E-state index is 8.67. The second kappa shape index (κ2) is 31.9. The molecule has 14 aromatic heterocycles. The summed E-state index contributed by atoms with van der Waals surface area (Å²) in [5.74, 6) is 4.54. The highest BCUT2D eigenvalue weighted by Crippen LogP contribution is 2.53. The van der Waals surface area contributed by atoms with Crippen molar-refractivity contribution in [2.45, 2.75) is 167 Å². The summed E-state index contributed by atoms with van der Waals surface area (Å²) in [6.07, 6.45) is 22.1. The van der Waals surface area contributed by atoms with E-state index >= 15 is 0 Å². The molecule has 19 heterocycles. The first-order valence-corrected chi connectivity index (χ1v) is 42.8. The zero-order valence-corrected chi connectivity index (χ0v) is 74.5. The Morgan fingerprint density at radius 1 is 0.297 bits per heavy atom. The summed E-state index contributed by atoms with van der Waals surface area (Å²) >= 11 is 0. The summed E-state index contributed by atoms with van der Waals surface area (Å²) in [6.45, 7) is 31.4. The maximum Gasteiger partial charge on any atom is 0.227 e. The van der Waals surface area contributed by atoms with Crippen molar-refractivity contribution in [2.24, 2.45) is 0 Å². The van der Waals surface area contributed by atoms with Crippen LogP contribution in [0.1, 0.15) is 118 Å². The van der Waals surface area contributed by atoms with Gasteiger partial charge >= 0.3 is 0 Å². The van der Waals surface area contributed by atoms with E-state index in [1.165, 1.54) is 16.7 Å². The molecule has 27 heteroatoms. The van der Waals surface area contributed by atoms with E-state index in [2.05, 4.69) is 220 Å². The normalized spacial score (nSPS) is 18.0. The molecule has 0 radical (unpaired) electrons. The zero-order valence-electron chi connectivity index (χ0n) is 80.5. The van der Waals surface area contributed by atoms with Crippen LogP contribution in [0.5, 0.6) is 0 Å². The molecule has 19 aromatic rings. The predicted molar refractivity (Wildman–Crippen MR) is 513 cm³/mol. The van der Waals surface area contributed by atoms with Crippen LogP contribution in [-0.4, -0.2) is 128 Å². The van der Waals surface area contributed by atoms with Crippen molar-refractivity contribution < 1.29 is 30.3 Å². The van der Waals surface area contributed by atoms with Crippen molar-refractivity contribution in [2.75, 3.05) is 58.1 Å². The molecule has 0 saturated heterocycles. The highest BCUT2D eigenvalue weighted by Gasteiger charge is 2.44. The fourth-order valence-corrected chi connectivity index (χ4v) is 18.9. The fraction of sp³-hybridized carbons (Fsp3) is 0.267. The molecule has 5 aromatic carbocycles. The Hall–Kier alpha value is -15.0. The van der Waals surface area contributed by atoms with Crippen molar-refractivity contribution in [3.05, 3.63) is 248 Å². The van der Waals surface area contributed by atoms with Gasteiger partial charge in [-0.15, -0.1) is 0 Å². The average Bonchev–Trinajstić information content (AvgIpc) is 1.58. The lowest BCUT2D eigenvalue weighted by Crippen LogP contribution is -2.42. The Labute approximate surface area is 748 Å². The van der Waals surface area contributed by atoms with Gasteiger partial charge < -0.3 is 56.4 Å². The second-order valence-electron chi connectivity index (χ2n) is 33.6. The van der Waals surface area contributed by atoms with E-state index in [0.717, 1.165) is 156 Å². The van der Waals surface area contributed by atoms with Crippen molar-refractivity contribution in [3.8, 4) is 0 Å². The average molecular weight is 1710 g/mol. The van der Waals surface area contributed by atoms with E-state index in [9.17, 15) is 0 Å². The van der Waals surface area contributed by atoms with Crippen molar-refractivity contribution in [3.63, 3.8) is 0 Å². The van der Waals surface area contributed by atoms with Crippen molar-refractivity contribution in [1.29, 1.82) is 0 Å². The largest absolute Gasteiger partial charge is 0.435 e. The summed E-state index contributed by atoms with van der Waals surface area (Å²) in [7, 11) is 2.08. The molecule has 0 N–H and O–H groups in total. The molecule has 5 atom stereocenters. The van der Waals surface area contributed by atoms with Crippen LogP contribution in [0.2, 0.25) is 0 Å². The molecule has 5 aliphatic heterocycles. The molecule has 27 nitrogen and oxygen atoms in total. The minimum absolute atomic E-state index is 0.0807. The van der Waals surface area contributed by atoms with Gasteiger partial charge in [0, 0.05) is 176 Å². The number of pyridine rings is 6. The van der Waals surface area contributed by atoms with Gasteiger partial charge in [-0.2, -0.15) is 0 Å². The van der Waals surface area contributed by atoms with Gasteiger partial charge in [0.05, 0.1) is 38.2 Å². The van der Waals surface area contributed by atoms with E-state index in [4.69, 9.17) is 30.3 Å². The molecule has 0 aliphatic carbocycles. The number of aromatic nitrogens is 12. The summed E-state index contributed by atoms with van der Waals surface area (Å²) in [4.78, 5) is 73.8.